The molecule has 0 heterocycles. The fourth-order valence-corrected chi connectivity index (χ4v) is 3.25. The minimum atomic E-state index is -0.336. The third kappa shape index (κ3) is 6.84. The van der Waals surface area contributed by atoms with Crippen LogP contribution in [0.25, 0.3) is 0 Å². The molecule has 0 aromatic heterocycles. The van der Waals surface area contributed by atoms with E-state index in [1.54, 1.807) is 0 Å². The van der Waals surface area contributed by atoms with Crippen molar-refractivity contribution in [2.45, 2.75) is 45.8 Å². The largest absolute Gasteiger partial charge is 0.284 e. The first-order valence-corrected chi connectivity index (χ1v) is 9.78. The maximum absolute atomic E-state index is 6.27. The van der Waals surface area contributed by atoms with Gasteiger partial charge < -0.3 is 0 Å². The first-order valence-electron chi connectivity index (χ1n) is 8.60. The molecule has 0 N–H and O–H groups in total. The Bertz CT molecular complexity index is 742. The van der Waals surface area contributed by atoms with Gasteiger partial charge in [0.15, 0.2) is 0 Å². The third-order valence-corrected chi connectivity index (χ3v) is 4.74. The van der Waals surface area contributed by atoms with Gasteiger partial charge in [-0.2, -0.15) is 0 Å². The van der Waals surface area contributed by atoms with Gasteiger partial charge in [0.05, 0.1) is 18.2 Å². The Kier molecular flexibility index (Phi) is 7.84. The lowest BCUT2D eigenvalue weighted by Gasteiger charge is -2.20. The van der Waals surface area contributed by atoms with Crippen molar-refractivity contribution in [1.82, 2.24) is 0 Å². The van der Waals surface area contributed by atoms with E-state index in [-0.39, 0.29) is 11.6 Å². The van der Waals surface area contributed by atoms with E-state index in [0.29, 0.717) is 18.1 Å². The predicted octanol–water partition coefficient (Wildman–Crippen LogP) is 6.71. The normalized spacial score (nSPS) is 13.3. The van der Waals surface area contributed by atoms with Gasteiger partial charge in [0.1, 0.15) is 0 Å². The van der Waals surface area contributed by atoms with Crippen LogP contribution < -0.4 is 0 Å². The van der Waals surface area contributed by atoms with Gasteiger partial charge in [-0.15, -0.1) is 0 Å². The molecule has 1 atom stereocenters. The van der Waals surface area contributed by atoms with Crippen LogP contribution in [0.1, 0.15) is 49.9 Å². The summed E-state index contributed by atoms with van der Waals surface area (Å²) in [5.74, 6) is 0. The summed E-state index contributed by atoms with van der Waals surface area (Å²) in [6.45, 7) is 8.37. The average Bonchev–Trinajstić information content (AvgIpc) is 2.57. The molecule has 26 heavy (non-hydrogen) atoms. The summed E-state index contributed by atoms with van der Waals surface area (Å²) in [4.78, 5) is 15.6. The highest BCUT2D eigenvalue weighted by Gasteiger charge is 2.17. The molecule has 2 rings (SSSR count). The van der Waals surface area contributed by atoms with Gasteiger partial charge in [0.25, 0.3) is 0 Å². The van der Waals surface area contributed by atoms with Gasteiger partial charge in [-0.3, -0.25) is 4.99 Å². The lowest BCUT2D eigenvalue weighted by Crippen LogP contribution is -2.20. The van der Waals surface area contributed by atoms with Crippen molar-refractivity contribution in [2.24, 2.45) is 4.99 Å². The lowest BCUT2D eigenvalue weighted by atomic mass is 9.99. The fourth-order valence-electron chi connectivity index (χ4n) is 2.42. The van der Waals surface area contributed by atoms with Crippen LogP contribution in [0.2, 0.25) is 5.02 Å². The molecule has 0 amide bonds. The van der Waals surface area contributed by atoms with E-state index < -0.39 is 0 Å². The van der Waals surface area contributed by atoms with Crippen molar-refractivity contribution in [1.29, 1.82) is 0 Å². The maximum atomic E-state index is 6.27. The van der Waals surface area contributed by atoms with E-state index in [0.717, 1.165) is 21.2 Å². The van der Waals surface area contributed by atoms with Gasteiger partial charge in [-0.25, -0.2) is 9.78 Å². The molecule has 140 valence electrons. The number of hydrogen-bond acceptors (Lipinski definition) is 3. The van der Waals surface area contributed by atoms with Crippen molar-refractivity contribution in [3.05, 3.63) is 68.7 Å². The molecule has 5 heteroatoms. The van der Waals surface area contributed by atoms with Gasteiger partial charge in [0, 0.05) is 22.1 Å². The standard InChI is InChI=1S/C21H25BrClNO2/c1-15-18(12-17(23)13-19(15)22)20(10-11-25-26-21(2,3)4)24-14-16-8-6-5-7-9-16/h5-9,12-14,20H,10-11H2,1-4H3. The van der Waals surface area contributed by atoms with Crippen LogP contribution in [0, 0.1) is 6.92 Å². The van der Waals surface area contributed by atoms with Crippen molar-refractivity contribution >= 4 is 33.7 Å². The van der Waals surface area contributed by atoms with Gasteiger partial charge in [-0.05, 0) is 56.5 Å². The summed E-state index contributed by atoms with van der Waals surface area (Å²) >= 11 is 9.84. The second-order valence-corrected chi connectivity index (χ2v) is 8.40. The highest BCUT2D eigenvalue weighted by Crippen LogP contribution is 2.32. The molecule has 0 spiro atoms. The Morgan fingerprint density at radius 3 is 2.54 bits per heavy atom. The molecule has 0 radical (unpaired) electrons. The molecule has 0 fully saturated rings. The Labute approximate surface area is 169 Å². The number of hydrogen-bond donors (Lipinski definition) is 0. The van der Waals surface area contributed by atoms with Crippen LogP contribution in [0.5, 0.6) is 0 Å². The fraction of sp³-hybridized carbons (Fsp3) is 0.381. The van der Waals surface area contributed by atoms with Gasteiger partial charge in [0.2, 0.25) is 0 Å². The summed E-state index contributed by atoms with van der Waals surface area (Å²) in [7, 11) is 0. The summed E-state index contributed by atoms with van der Waals surface area (Å²) in [5.41, 5.74) is 2.93. The zero-order chi connectivity index (χ0) is 19.2. The molecule has 0 aliphatic carbocycles. The van der Waals surface area contributed by atoms with Crippen LogP contribution in [-0.2, 0) is 9.78 Å². The quantitative estimate of drug-likeness (QED) is 0.208. The first kappa shape index (κ1) is 21.1. The molecule has 0 bridgehead atoms. The van der Waals surface area contributed by atoms with E-state index >= 15 is 0 Å². The minimum absolute atomic E-state index is 0.0752. The summed E-state index contributed by atoms with van der Waals surface area (Å²) in [5, 5.41) is 0.684. The lowest BCUT2D eigenvalue weighted by molar-refractivity contribution is -0.349. The summed E-state index contributed by atoms with van der Waals surface area (Å²) in [6.07, 6.45) is 2.58. The highest BCUT2D eigenvalue weighted by atomic mass is 79.9. The topological polar surface area (TPSA) is 30.8 Å². The maximum Gasteiger partial charge on any atom is 0.0952 e. The smallest absolute Gasteiger partial charge is 0.0952 e. The Hall–Kier alpha value is -1.20. The van der Waals surface area contributed by atoms with E-state index in [2.05, 4.69) is 22.9 Å². The molecule has 0 saturated heterocycles. The molecule has 3 nitrogen and oxygen atoms in total. The predicted molar refractivity (Wildman–Crippen MR) is 112 cm³/mol. The number of benzene rings is 2. The van der Waals surface area contributed by atoms with Crippen LogP contribution >= 0.6 is 27.5 Å². The van der Waals surface area contributed by atoms with Crippen LogP contribution in [0.15, 0.2) is 51.9 Å². The van der Waals surface area contributed by atoms with Crippen molar-refractivity contribution in [2.75, 3.05) is 6.61 Å². The Balaban J connectivity index is 2.20. The SMILES string of the molecule is Cc1c(Br)cc(Cl)cc1C(CCOOC(C)(C)C)N=Cc1ccccc1. The molecular weight excluding hydrogens is 414 g/mol. The zero-order valence-corrected chi connectivity index (χ0v) is 18.0. The van der Waals surface area contributed by atoms with Gasteiger partial charge in [-0.1, -0.05) is 57.9 Å². The Morgan fingerprint density at radius 2 is 1.88 bits per heavy atom. The number of nitrogens with zero attached hydrogens (tertiary/aromatic N) is 1. The van der Waals surface area contributed by atoms with E-state index in [4.69, 9.17) is 26.4 Å². The molecule has 2 aromatic rings. The van der Waals surface area contributed by atoms with E-state index in [9.17, 15) is 0 Å². The van der Waals surface area contributed by atoms with Crippen molar-refractivity contribution in [3.63, 3.8) is 0 Å². The summed E-state index contributed by atoms with van der Waals surface area (Å²) < 4.78 is 0.978. The van der Waals surface area contributed by atoms with Gasteiger partial charge >= 0.3 is 0 Å². The molecule has 0 aliphatic rings. The molecule has 2 aromatic carbocycles. The first-order chi connectivity index (χ1) is 12.3. The van der Waals surface area contributed by atoms with Crippen molar-refractivity contribution < 1.29 is 9.78 Å². The Morgan fingerprint density at radius 1 is 1.19 bits per heavy atom. The second-order valence-electron chi connectivity index (χ2n) is 7.11. The highest BCUT2D eigenvalue weighted by molar-refractivity contribution is 9.10. The molecule has 0 aliphatic heterocycles. The number of halogens is 2. The van der Waals surface area contributed by atoms with E-state index in [1.165, 1.54) is 0 Å². The minimum Gasteiger partial charge on any atom is -0.284 e. The molecular formula is C21H25BrClNO2. The second kappa shape index (κ2) is 9.65. The van der Waals surface area contributed by atoms with E-state index in [1.807, 2.05) is 69.5 Å². The number of rotatable bonds is 7. The average molecular weight is 439 g/mol. The third-order valence-electron chi connectivity index (χ3n) is 3.69. The van der Waals surface area contributed by atoms with Crippen LogP contribution in [-0.4, -0.2) is 18.4 Å². The molecule has 0 saturated carbocycles. The summed E-state index contributed by atoms with van der Waals surface area (Å²) in [6, 6.07) is 13.8. The van der Waals surface area contributed by atoms with Crippen molar-refractivity contribution in [3.8, 4) is 0 Å². The molecule has 1 unspecified atom stereocenters. The monoisotopic (exact) mass is 437 g/mol. The zero-order valence-electron chi connectivity index (χ0n) is 15.6. The van der Waals surface area contributed by atoms with Crippen LogP contribution in [0.4, 0.5) is 0 Å². The van der Waals surface area contributed by atoms with Crippen LogP contribution in [0.3, 0.4) is 0 Å². The number of aliphatic imine (C=N–C) groups is 1.